The maximum atomic E-state index is 11.5. The third kappa shape index (κ3) is 4.24. The summed E-state index contributed by atoms with van der Waals surface area (Å²) in [6.45, 7) is 3.26. The molecule has 0 unspecified atom stereocenters. The lowest BCUT2D eigenvalue weighted by Crippen LogP contribution is -2.34. The van der Waals surface area contributed by atoms with Crippen molar-refractivity contribution >= 4 is 45.1 Å². The Balaban J connectivity index is 1.55. The summed E-state index contributed by atoms with van der Waals surface area (Å²) in [5, 5.41) is 20.2. The average molecular weight is 474 g/mol. The molecule has 1 aliphatic rings. The lowest BCUT2D eigenvalue weighted by atomic mass is 10.2. The molecular formula is C20H24BrN7O2. The van der Waals surface area contributed by atoms with Crippen LogP contribution in [0.2, 0.25) is 0 Å². The van der Waals surface area contributed by atoms with Crippen LogP contribution in [0.3, 0.4) is 0 Å². The highest BCUT2D eigenvalue weighted by molar-refractivity contribution is 9.10. The van der Waals surface area contributed by atoms with E-state index in [2.05, 4.69) is 41.5 Å². The third-order valence-corrected chi connectivity index (χ3v) is 5.73. The van der Waals surface area contributed by atoms with Crippen molar-refractivity contribution in [2.75, 3.05) is 28.7 Å². The molecule has 4 rings (SSSR count). The zero-order valence-corrected chi connectivity index (χ0v) is 18.3. The molecule has 1 amide bonds. The molecule has 3 heterocycles. The molecule has 3 N–H and O–H groups in total. The van der Waals surface area contributed by atoms with Crippen molar-refractivity contribution in [2.45, 2.75) is 38.8 Å². The van der Waals surface area contributed by atoms with Crippen LogP contribution in [0.5, 0.6) is 0 Å². The molecule has 1 saturated heterocycles. The highest BCUT2D eigenvalue weighted by Crippen LogP contribution is 2.26. The lowest BCUT2D eigenvalue weighted by molar-refractivity contribution is -0.115. The van der Waals surface area contributed by atoms with Crippen LogP contribution in [0.15, 0.2) is 34.9 Å². The molecule has 1 atom stereocenters. The van der Waals surface area contributed by atoms with E-state index in [-0.39, 0.29) is 18.6 Å². The number of carbonyl (C=O) groups excluding carboxylic acids is 1. The normalized spacial score (nSPS) is 16.2. The fraction of sp³-hybridized carbons (Fsp3) is 0.400. The molecule has 0 bridgehead atoms. The van der Waals surface area contributed by atoms with E-state index >= 15 is 0 Å². The summed E-state index contributed by atoms with van der Waals surface area (Å²) in [5.41, 5.74) is 2.49. The molecular weight excluding hydrogens is 450 g/mol. The van der Waals surface area contributed by atoms with Crippen molar-refractivity contribution < 1.29 is 9.90 Å². The minimum Gasteiger partial charge on any atom is -0.394 e. The number of nitrogens with one attached hydrogen (secondary N) is 2. The molecule has 1 aromatic carbocycles. The van der Waals surface area contributed by atoms with Gasteiger partial charge in [-0.2, -0.15) is 19.6 Å². The van der Waals surface area contributed by atoms with Gasteiger partial charge in [0.25, 0.3) is 0 Å². The number of aliphatic hydroxyl groups excluding tert-OH is 1. The number of carbonyl (C=O) groups is 1. The molecule has 1 fully saturated rings. The largest absolute Gasteiger partial charge is 0.394 e. The SMILES string of the molecule is CCC(=O)Nc1ccc(CNc2nc(N3CCC[C@H]3CO)nc3c(Br)cnn23)cc1. The first-order valence-electron chi connectivity index (χ1n) is 10.0. The Morgan fingerprint density at radius 1 is 1.30 bits per heavy atom. The number of rotatable bonds is 7. The van der Waals surface area contributed by atoms with Gasteiger partial charge in [0, 0.05) is 25.2 Å². The van der Waals surface area contributed by atoms with Crippen LogP contribution >= 0.6 is 15.9 Å². The molecule has 30 heavy (non-hydrogen) atoms. The number of fused-ring (bicyclic) bond motifs is 1. The Bertz CT molecular complexity index is 1040. The smallest absolute Gasteiger partial charge is 0.231 e. The van der Waals surface area contributed by atoms with E-state index < -0.39 is 0 Å². The van der Waals surface area contributed by atoms with E-state index in [1.807, 2.05) is 31.2 Å². The van der Waals surface area contributed by atoms with Crippen molar-refractivity contribution in [2.24, 2.45) is 0 Å². The molecule has 158 valence electrons. The van der Waals surface area contributed by atoms with Gasteiger partial charge in [0.1, 0.15) is 0 Å². The molecule has 0 saturated carbocycles. The molecule has 1 aliphatic heterocycles. The molecule has 0 spiro atoms. The zero-order chi connectivity index (χ0) is 21.1. The van der Waals surface area contributed by atoms with Crippen LogP contribution in [-0.2, 0) is 11.3 Å². The summed E-state index contributed by atoms with van der Waals surface area (Å²) in [7, 11) is 0. The Morgan fingerprint density at radius 3 is 2.83 bits per heavy atom. The van der Waals surface area contributed by atoms with Gasteiger partial charge in [-0.3, -0.25) is 4.79 Å². The monoisotopic (exact) mass is 473 g/mol. The van der Waals surface area contributed by atoms with Gasteiger partial charge in [-0.15, -0.1) is 0 Å². The number of hydrogen-bond donors (Lipinski definition) is 3. The Kier molecular flexibility index (Phi) is 6.14. The topological polar surface area (TPSA) is 108 Å². The molecule has 0 aliphatic carbocycles. The highest BCUT2D eigenvalue weighted by Gasteiger charge is 2.27. The van der Waals surface area contributed by atoms with Crippen LogP contribution in [-0.4, -0.2) is 49.8 Å². The van der Waals surface area contributed by atoms with E-state index in [0.717, 1.165) is 35.1 Å². The summed E-state index contributed by atoms with van der Waals surface area (Å²) < 4.78 is 2.44. The quantitative estimate of drug-likeness (QED) is 0.484. The Hall–Kier alpha value is -2.72. The number of anilines is 3. The predicted molar refractivity (Wildman–Crippen MR) is 119 cm³/mol. The third-order valence-electron chi connectivity index (χ3n) is 5.17. The second-order valence-electron chi connectivity index (χ2n) is 7.20. The average Bonchev–Trinajstić information content (AvgIpc) is 3.39. The van der Waals surface area contributed by atoms with Crippen LogP contribution in [0, 0.1) is 0 Å². The van der Waals surface area contributed by atoms with E-state index in [4.69, 9.17) is 4.98 Å². The van der Waals surface area contributed by atoms with Gasteiger partial charge in [0.2, 0.25) is 17.8 Å². The first-order valence-corrected chi connectivity index (χ1v) is 10.8. The van der Waals surface area contributed by atoms with Crippen molar-refractivity contribution in [1.82, 2.24) is 19.6 Å². The van der Waals surface area contributed by atoms with Crippen LogP contribution in [0.1, 0.15) is 31.7 Å². The van der Waals surface area contributed by atoms with Crippen LogP contribution in [0.4, 0.5) is 17.6 Å². The summed E-state index contributed by atoms with van der Waals surface area (Å²) in [6, 6.07) is 7.71. The van der Waals surface area contributed by atoms with E-state index in [1.54, 1.807) is 10.7 Å². The number of aliphatic hydroxyl groups is 1. The number of hydrogen-bond acceptors (Lipinski definition) is 7. The summed E-state index contributed by atoms with van der Waals surface area (Å²) >= 11 is 3.50. The number of halogens is 1. The molecule has 9 nitrogen and oxygen atoms in total. The van der Waals surface area contributed by atoms with Crippen molar-refractivity contribution in [3.8, 4) is 0 Å². The fourth-order valence-corrected chi connectivity index (χ4v) is 3.86. The van der Waals surface area contributed by atoms with Gasteiger partial charge in [0.05, 0.1) is 23.3 Å². The van der Waals surface area contributed by atoms with Gasteiger partial charge in [-0.05, 0) is 46.5 Å². The summed E-state index contributed by atoms with van der Waals surface area (Å²) in [6.07, 6.45) is 4.07. The van der Waals surface area contributed by atoms with E-state index in [1.165, 1.54) is 0 Å². The second-order valence-corrected chi connectivity index (χ2v) is 8.05. The number of aromatic nitrogens is 4. The molecule has 3 aromatic rings. The van der Waals surface area contributed by atoms with Crippen LogP contribution in [0.25, 0.3) is 5.65 Å². The predicted octanol–water partition coefficient (Wildman–Crippen LogP) is 2.81. The Labute approximate surface area is 182 Å². The first-order chi connectivity index (χ1) is 14.6. The number of nitrogens with zero attached hydrogens (tertiary/aromatic N) is 5. The fourth-order valence-electron chi connectivity index (χ4n) is 3.51. The van der Waals surface area contributed by atoms with Crippen molar-refractivity contribution in [1.29, 1.82) is 0 Å². The minimum atomic E-state index is -0.0101. The second kappa shape index (κ2) is 8.97. The standard InChI is InChI=1S/C20H24BrN7O2/c1-2-17(30)24-14-7-5-13(6-8-14)10-22-19-26-20(27-9-3-4-15(27)12-29)25-18-16(21)11-23-28(18)19/h5-8,11,15,29H,2-4,9-10,12H2,1H3,(H,24,30)(H,22,25,26)/t15-/m0/s1. The minimum absolute atomic E-state index is 0.0101. The van der Waals surface area contributed by atoms with Crippen molar-refractivity contribution in [3.63, 3.8) is 0 Å². The number of benzene rings is 1. The van der Waals surface area contributed by atoms with Gasteiger partial charge in [-0.25, -0.2) is 0 Å². The lowest BCUT2D eigenvalue weighted by Gasteiger charge is -2.23. The number of amides is 1. The Morgan fingerprint density at radius 2 is 2.10 bits per heavy atom. The first kappa shape index (κ1) is 20.5. The molecule has 0 radical (unpaired) electrons. The molecule has 10 heteroatoms. The van der Waals surface area contributed by atoms with Crippen molar-refractivity contribution in [3.05, 3.63) is 40.5 Å². The van der Waals surface area contributed by atoms with E-state index in [0.29, 0.717) is 30.5 Å². The van der Waals surface area contributed by atoms with Gasteiger partial charge in [-0.1, -0.05) is 19.1 Å². The van der Waals surface area contributed by atoms with Gasteiger partial charge >= 0.3 is 0 Å². The highest BCUT2D eigenvalue weighted by atomic mass is 79.9. The van der Waals surface area contributed by atoms with Gasteiger partial charge in [0.15, 0.2) is 5.65 Å². The van der Waals surface area contributed by atoms with Crippen LogP contribution < -0.4 is 15.5 Å². The maximum absolute atomic E-state index is 11.5. The molecule has 2 aromatic heterocycles. The van der Waals surface area contributed by atoms with E-state index in [9.17, 15) is 9.90 Å². The maximum Gasteiger partial charge on any atom is 0.231 e. The summed E-state index contributed by atoms with van der Waals surface area (Å²) in [4.78, 5) is 22.9. The summed E-state index contributed by atoms with van der Waals surface area (Å²) in [5.74, 6) is 1.15. The zero-order valence-electron chi connectivity index (χ0n) is 16.7. The van der Waals surface area contributed by atoms with Gasteiger partial charge < -0.3 is 20.6 Å².